The van der Waals surface area contributed by atoms with Crippen LogP contribution in [0.3, 0.4) is 0 Å². The number of nitrogens with zero attached hydrogens (tertiary/aromatic N) is 14. The van der Waals surface area contributed by atoms with E-state index in [-0.39, 0.29) is 81.4 Å². The summed E-state index contributed by atoms with van der Waals surface area (Å²) < 4.78 is 55.7. The van der Waals surface area contributed by atoms with Crippen LogP contribution in [0.5, 0.6) is 0 Å². The maximum absolute atomic E-state index is 13.0. The number of imidazole rings is 1. The molecule has 3 N–H and O–H groups in total. The summed E-state index contributed by atoms with van der Waals surface area (Å²) >= 11 is 7.78. The molecule has 1 saturated heterocycles. The Morgan fingerprint density at radius 2 is 0.832 bits per heavy atom. The molecule has 7 aromatic carbocycles. The molecule has 7 aromatic heterocycles. The molecule has 14 heterocycles. The molecular formula is C115H130BBr2N16O12S2W-. The fraction of sp³-hybridized carbons (Fsp3) is 0.330. The summed E-state index contributed by atoms with van der Waals surface area (Å²) in [6.45, 7) is 35.2. The normalized spacial score (nSPS) is 15.0. The number of hydrogen-bond donors (Lipinski definition) is 2. The third-order valence-corrected chi connectivity index (χ3v) is 29.7. The van der Waals surface area contributed by atoms with Crippen LogP contribution in [0.15, 0.2) is 275 Å². The first kappa shape index (κ1) is 114. The van der Waals surface area contributed by atoms with Gasteiger partial charge in [-0.25, -0.2) is 47.5 Å². The van der Waals surface area contributed by atoms with Crippen molar-refractivity contribution in [3.05, 3.63) is 351 Å². The summed E-state index contributed by atoms with van der Waals surface area (Å²) in [7, 11) is -2.63. The average molecular weight is 2350 g/mol. The second-order valence-electron chi connectivity index (χ2n) is 40.9. The van der Waals surface area contributed by atoms with E-state index in [4.69, 9.17) is 28.7 Å². The van der Waals surface area contributed by atoms with Crippen molar-refractivity contribution < 1.29 is 77.0 Å². The number of primary sulfonamides is 1. The number of nitrogens with two attached hydrogens (primary N) is 1. The molecule has 6 amide bonds. The van der Waals surface area contributed by atoms with Gasteiger partial charge in [0, 0.05) is 186 Å². The number of fused-ring (bicyclic) bond motifs is 7. The average Bonchev–Trinajstić information content (AvgIpc) is 1.62. The number of amides is 6. The zero-order chi connectivity index (χ0) is 105. The number of rotatable bonds is 7. The predicted octanol–water partition coefficient (Wildman–Crippen LogP) is 22.6. The molecule has 0 radical (unpaired) electrons. The summed E-state index contributed by atoms with van der Waals surface area (Å²) in [6, 6.07) is 69.6. The maximum atomic E-state index is 13.0. The number of anilines is 1. The summed E-state index contributed by atoms with van der Waals surface area (Å²) in [5.41, 5.74) is 22.8. The zero-order valence-electron chi connectivity index (χ0n) is 87.3. The SMILES string of the molecule is Brc1ccc2cnccc2c1.CC(C)(C)OC(=O)N1CCc2cc(-c3ccccn3)ccc2C1.CC(C)(C)OC(=O)N1CCc2cc(B3OC(C)(C)C(C)(C)O3)ccc2C1.CC(C)(C)OC(=O)N1CCc2cc(Br)ccc2C1.Cc1nc(N(C)C(=O)N2CCc3cc(-c4ccccn4)ccc3C2)sc1S(N)(=O)=O.O=C(N1CCc2cc(-c3ccccn3)ccc2C1)n1ccnc1.[CH3-].[W].c1ccc(-c2ccc3c(c2)CCNC3)nc1. The third-order valence-electron chi connectivity index (χ3n) is 25.9. The van der Waals surface area contributed by atoms with Crippen molar-refractivity contribution in [1.82, 2.24) is 69.3 Å². The van der Waals surface area contributed by atoms with Crippen LogP contribution in [-0.2, 0) is 132 Å². The Morgan fingerprint density at radius 3 is 1.25 bits per heavy atom. The van der Waals surface area contributed by atoms with Gasteiger partial charge in [-0.1, -0.05) is 146 Å². The molecular weight excluding hydrogens is 2220 g/mol. The van der Waals surface area contributed by atoms with Gasteiger partial charge in [-0.2, -0.15) is 0 Å². The Bertz CT molecular complexity index is 7110. The van der Waals surface area contributed by atoms with E-state index in [1.807, 2.05) is 189 Å². The van der Waals surface area contributed by atoms with Crippen molar-refractivity contribution >= 4 is 112 Å². The molecule has 0 saturated carbocycles. The number of hydrogen-bond acceptors (Lipinski definition) is 21. The molecule has 1 fully saturated rings. The Kier molecular flexibility index (Phi) is 38.1. The van der Waals surface area contributed by atoms with Gasteiger partial charge in [0.05, 0.1) is 39.7 Å². The van der Waals surface area contributed by atoms with Crippen LogP contribution in [-0.4, -0.2) is 184 Å². The summed E-state index contributed by atoms with van der Waals surface area (Å²) in [5.74, 6) is 0. The van der Waals surface area contributed by atoms with Crippen molar-refractivity contribution in [1.29, 1.82) is 0 Å². The van der Waals surface area contributed by atoms with E-state index in [0.717, 1.165) is 141 Å². The number of benzene rings is 7. The van der Waals surface area contributed by atoms with Crippen molar-refractivity contribution in [3.8, 4) is 45.0 Å². The molecule has 14 aromatic rings. The summed E-state index contributed by atoms with van der Waals surface area (Å²) in [4.78, 5) is 102. The van der Waals surface area contributed by atoms with Gasteiger partial charge in [-0.15, -0.1) is 0 Å². The standard InChI is InChI=1S/C20H30BNO4.C20H21N5O3S2.C19H22N2O2.C18H16N4O.C14H18BrNO2.C14H14N2.C9H6BrN.CH3.W/c1-18(2,3)24-17(23)22-11-10-14-12-16(9-8-15(14)13-22)21-25-19(4,5)20(6,7)26-21;1-13-18(30(21,27)28)29-19(23-13)24(2)20(26)25-10-8-14-11-15(6-7-16(14)12-25)17-5-3-4-9-22-17;1-19(2,3)23-18(22)21-11-9-14-12-15(7-8-16(14)13-21)17-6-4-5-10-20-17;23-18(22-10-8-19-13-22)21-9-6-14-11-15(4-5-16(14)12-21)17-3-1-2-7-20-17;1-14(2,3)18-13(17)16-7-6-10-8-12(15)5-4-11(10)9-16;1-2-7-16-14(3-1)12-4-5-13-10-15-8-6-11(13)9-12;10-9-2-1-8-6-11-4-3-7(8)5-9;;/h8-9,12H,10-11,13H2,1-7H3;3-7,9,11H,8,10,12H2,1-2H3,(H2,21,27,28);4-8,10,12H,9,11,13H2,1-3H3;1-5,7-8,10-11,13H,6,9,12H2;4-5,8H,6-7,9H2,1-3H3;1-5,7,9,15H,6,8,10H2;1-6H;1H3;/q;;;;;;;-1;. The Balaban J connectivity index is 0.000000147. The first-order valence-electron chi connectivity index (χ1n) is 49.3. The largest absolute Gasteiger partial charge is 0.494 e. The maximum Gasteiger partial charge on any atom is 0.494 e. The zero-order valence-corrected chi connectivity index (χ0v) is 95.1. The number of pyridine rings is 5. The van der Waals surface area contributed by atoms with Crippen molar-refractivity contribution in [2.75, 3.05) is 51.2 Å². The Labute approximate surface area is 910 Å². The molecule has 0 unspecified atom stereocenters. The van der Waals surface area contributed by atoms with Gasteiger partial charge in [0.1, 0.15) is 23.1 Å². The minimum atomic E-state index is -3.86. The predicted molar refractivity (Wildman–Crippen MR) is 591 cm³/mol. The van der Waals surface area contributed by atoms with Crippen molar-refractivity contribution in [3.63, 3.8) is 0 Å². The molecule has 0 atom stereocenters. The molecule has 7 aliphatic heterocycles. The topological polar surface area (TPSA) is 318 Å². The fourth-order valence-electron chi connectivity index (χ4n) is 17.6. The minimum absolute atomic E-state index is 0. The van der Waals surface area contributed by atoms with E-state index in [0.29, 0.717) is 63.2 Å². The Hall–Kier alpha value is -12.6. The number of carbonyl (C=O) groups is 5. The van der Waals surface area contributed by atoms with Crippen LogP contribution in [0, 0.1) is 14.4 Å². The number of halogens is 2. The fourth-order valence-corrected chi connectivity index (χ4v) is 20.3. The number of carbonyl (C=O) groups excluding carboxylic acids is 5. The van der Waals surface area contributed by atoms with Crippen LogP contribution in [0.4, 0.5) is 29.1 Å². The summed E-state index contributed by atoms with van der Waals surface area (Å²) in [6.07, 6.45) is 20.3. The molecule has 28 nitrogen and oxygen atoms in total. The van der Waals surface area contributed by atoms with Crippen LogP contribution < -0.4 is 20.8 Å². The van der Waals surface area contributed by atoms with E-state index in [2.05, 4.69) is 197 Å². The molecule has 778 valence electrons. The number of nitrogens with one attached hydrogen (secondary N) is 1. The van der Waals surface area contributed by atoms with Crippen molar-refractivity contribution in [2.45, 2.75) is 207 Å². The first-order chi connectivity index (χ1) is 70.0. The van der Waals surface area contributed by atoms with Crippen LogP contribution >= 0.6 is 43.2 Å². The second-order valence-corrected chi connectivity index (χ2v) is 45.5. The molecule has 0 bridgehead atoms. The molecule has 0 spiro atoms. The third kappa shape index (κ3) is 30.7. The van der Waals surface area contributed by atoms with Gasteiger partial charge in [0.2, 0.25) is 10.0 Å². The number of aromatic nitrogens is 8. The monoisotopic (exact) mass is 2340 g/mol. The molecule has 149 heavy (non-hydrogen) atoms. The number of aryl methyl sites for hydroxylation is 1. The quantitative estimate of drug-likeness (QED) is 0.0850. The van der Waals surface area contributed by atoms with Gasteiger partial charge < -0.3 is 60.8 Å². The van der Waals surface area contributed by atoms with E-state index in [1.54, 1.807) is 77.1 Å². The van der Waals surface area contributed by atoms with Gasteiger partial charge in [0.25, 0.3) is 0 Å². The van der Waals surface area contributed by atoms with Gasteiger partial charge in [-0.05, 0) is 323 Å². The van der Waals surface area contributed by atoms with Gasteiger partial charge >= 0.3 is 37.5 Å². The van der Waals surface area contributed by atoms with Crippen LogP contribution in [0.2, 0.25) is 0 Å². The van der Waals surface area contributed by atoms with Crippen LogP contribution in [0.1, 0.15) is 162 Å². The molecule has 7 aliphatic rings. The second kappa shape index (κ2) is 49.9. The van der Waals surface area contributed by atoms with E-state index >= 15 is 0 Å². The minimum Gasteiger partial charge on any atom is -0.444 e. The first-order valence-corrected chi connectivity index (χ1v) is 53.3. The van der Waals surface area contributed by atoms with Crippen molar-refractivity contribution in [2.24, 2.45) is 5.14 Å². The van der Waals surface area contributed by atoms with E-state index in [9.17, 15) is 32.4 Å². The van der Waals surface area contributed by atoms with E-state index < -0.39 is 26.8 Å². The van der Waals surface area contributed by atoms with Gasteiger partial charge in [-0.3, -0.25) is 34.4 Å². The van der Waals surface area contributed by atoms with Crippen LogP contribution in [0.25, 0.3) is 55.8 Å². The summed E-state index contributed by atoms with van der Waals surface area (Å²) in [5, 5.41) is 11.3. The number of urea groups is 1. The number of sulfonamides is 1. The van der Waals surface area contributed by atoms with Gasteiger partial charge in [0.15, 0.2) is 9.34 Å². The molecule has 0 aliphatic carbocycles. The molecule has 34 heteroatoms. The Morgan fingerprint density at radius 1 is 0.450 bits per heavy atom. The number of thiazole rings is 1. The molecule has 21 rings (SSSR count). The smallest absolute Gasteiger partial charge is 0.444 e. The van der Waals surface area contributed by atoms with E-state index in [1.165, 1.54) is 81.4 Å². The number of ether oxygens (including phenoxy) is 3.